The molecule has 0 saturated carbocycles. The van der Waals surface area contributed by atoms with Crippen LogP contribution >= 0.6 is 0 Å². The maximum atomic E-state index is 13.4. The number of anilines is 2. The van der Waals surface area contributed by atoms with E-state index in [2.05, 4.69) is 14.9 Å². The Morgan fingerprint density at radius 1 is 0.972 bits per heavy atom. The van der Waals surface area contributed by atoms with Gasteiger partial charge in [0.25, 0.3) is 15.9 Å². The van der Waals surface area contributed by atoms with Crippen LogP contribution in [0.2, 0.25) is 0 Å². The van der Waals surface area contributed by atoms with Crippen LogP contribution in [-0.4, -0.2) is 30.4 Å². The van der Waals surface area contributed by atoms with Crippen LogP contribution in [0.1, 0.15) is 16.9 Å². The molecular weight excluding hydrogens is 480 g/mol. The van der Waals surface area contributed by atoms with Crippen LogP contribution in [0.4, 0.5) is 11.5 Å². The Labute approximate surface area is 207 Å². The van der Waals surface area contributed by atoms with Crippen molar-refractivity contribution in [3.8, 4) is 5.75 Å². The number of carbonyl (C=O) groups is 1. The fraction of sp³-hybridized carbons (Fsp3) is 0.0385. The highest BCUT2D eigenvalue weighted by atomic mass is 32.2. The lowest BCUT2D eigenvalue weighted by atomic mass is 10.1. The van der Waals surface area contributed by atoms with Gasteiger partial charge in [0, 0.05) is 11.6 Å². The Balaban J connectivity index is 1.49. The van der Waals surface area contributed by atoms with Crippen LogP contribution < -0.4 is 9.62 Å². The summed E-state index contributed by atoms with van der Waals surface area (Å²) < 4.78 is 32.8. The minimum absolute atomic E-state index is 0.00314. The fourth-order valence-electron chi connectivity index (χ4n) is 3.65. The maximum Gasteiger partial charge on any atom is 0.282 e. The molecule has 0 unspecified atom stereocenters. The van der Waals surface area contributed by atoms with E-state index in [-0.39, 0.29) is 28.1 Å². The third-order valence-corrected chi connectivity index (χ3v) is 6.73. The summed E-state index contributed by atoms with van der Waals surface area (Å²) in [5.41, 5.74) is 2.08. The van der Waals surface area contributed by atoms with Gasteiger partial charge >= 0.3 is 0 Å². The van der Waals surface area contributed by atoms with E-state index in [1.807, 2.05) is 30.3 Å². The molecule has 180 valence electrons. The Morgan fingerprint density at radius 3 is 2.31 bits per heavy atom. The van der Waals surface area contributed by atoms with E-state index in [0.29, 0.717) is 22.8 Å². The van der Waals surface area contributed by atoms with E-state index in [9.17, 15) is 18.3 Å². The predicted molar refractivity (Wildman–Crippen MR) is 135 cm³/mol. The van der Waals surface area contributed by atoms with Crippen molar-refractivity contribution in [2.45, 2.75) is 11.8 Å². The van der Waals surface area contributed by atoms with Crippen molar-refractivity contribution in [1.82, 2.24) is 5.16 Å². The number of aromatic nitrogens is 1. The highest BCUT2D eigenvalue weighted by molar-refractivity contribution is 7.92. The molecule has 1 aliphatic heterocycles. The zero-order chi connectivity index (χ0) is 25.3. The summed E-state index contributed by atoms with van der Waals surface area (Å²) in [5.74, 6) is 0.715. The number of sulfonamides is 1. The highest BCUT2D eigenvalue weighted by Gasteiger charge is 2.32. The summed E-state index contributed by atoms with van der Waals surface area (Å²) in [4.78, 5) is 19.5. The van der Waals surface area contributed by atoms with E-state index >= 15 is 0 Å². The topological polar surface area (TPSA) is 125 Å². The summed E-state index contributed by atoms with van der Waals surface area (Å²) in [6.45, 7) is 1.66. The monoisotopic (exact) mass is 500 g/mol. The predicted octanol–water partition coefficient (Wildman–Crippen LogP) is 4.32. The molecule has 0 aliphatic carbocycles. The SMILES string of the molecule is Cc1cc(NS(=O)(=O)c2ccc(N3C(=O)/C(=C/c4ccc(O)cc4)N=C3c3ccccc3)cc2)no1. The molecule has 2 heterocycles. The average Bonchev–Trinajstić information content (AvgIpc) is 3.43. The Kier molecular flexibility index (Phi) is 5.87. The molecule has 4 aromatic rings. The largest absolute Gasteiger partial charge is 0.508 e. The molecule has 0 fully saturated rings. The molecule has 36 heavy (non-hydrogen) atoms. The van der Waals surface area contributed by atoms with Gasteiger partial charge in [-0.3, -0.25) is 14.4 Å². The Hall–Kier alpha value is -4.70. The van der Waals surface area contributed by atoms with Crippen LogP contribution in [0.25, 0.3) is 6.08 Å². The van der Waals surface area contributed by atoms with Gasteiger partial charge in [-0.05, 0) is 55.0 Å². The number of amidine groups is 1. The van der Waals surface area contributed by atoms with Crippen molar-refractivity contribution in [3.05, 3.63) is 108 Å². The number of aryl methyl sites for hydroxylation is 1. The third-order valence-electron chi connectivity index (χ3n) is 5.36. The molecule has 10 heteroatoms. The van der Waals surface area contributed by atoms with Crippen molar-refractivity contribution in [2.24, 2.45) is 4.99 Å². The van der Waals surface area contributed by atoms with E-state index in [0.717, 1.165) is 5.56 Å². The number of hydrogen-bond acceptors (Lipinski definition) is 7. The lowest BCUT2D eigenvalue weighted by Gasteiger charge is -2.19. The molecule has 0 bridgehead atoms. The van der Waals surface area contributed by atoms with E-state index in [1.54, 1.807) is 37.3 Å². The summed E-state index contributed by atoms with van der Waals surface area (Å²) in [6.07, 6.45) is 1.63. The zero-order valence-electron chi connectivity index (χ0n) is 19.0. The van der Waals surface area contributed by atoms with Gasteiger partial charge < -0.3 is 9.63 Å². The number of rotatable bonds is 6. The Bertz CT molecular complexity index is 1590. The molecule has 0 saturated heterocycles. The van der Waals surface area contributed by atoms with Gasteiger partial charge in [-0.2, -0.15) is 0 Å². The quantitative estimate of drug-likeness (QED) is 0.380. The number of aromatic hydroxyl groups is 1. The van der Waals surface area contributed by atoms with Crippen molar-refractivity contribution < 1.29 is 22.8 Å². The third kappa shape index (κ3) is 4.62. The molecule has 1 aliphatic rings. The number of carbonyl (C=O) groups excluding carboxylic acids is 1. The van der Waals surface area contributed by atoms with Crippen LogP contribution in [0, 0.1) is 6.92 Å². The number of benzene rings is 3. The summed E-state index contributed by atoms with van der Waals surface area (Å²) in [6, 6.07) is 23.0. The van der Waals surface area contributed by atoms with Crippen LogP contribution in [-0.2, 0) is 14.8 Å². The van der Waals surface area contributed by atoms with Gasteiger partial charge in [0.15, 0.2) is 5.82 Å². The van der Waals surface area contributed by atoms with Crippen molar-refractivity contribution in [3.63, 3.8) is 0 Å². The normalized spacial score (nSPS) is 14.8. The van der Waals surface area contributed by atoms with Gasteiger partial charge in [-0.25, -0.2) is 13.4 Å². The molecule has 1 aromatic heterocycles. The first-order valence-electron chi connectivity index (χ1n) is 10.9. The summed E-state index contributed by atoms with van der Waals surface area (Å²) in [5, 5.41) is 13.2. The second kappa shape index (κ2) is 9.16. The first-order valence-corrected chi connectivity index (χ1v) is 12.3. The number of nitrogens with zero attached hydrogens (tertiary/aromatic N) is 3. The molecule has 0 radical (unpaired) electrons. The van der Waals surface area contributed by atoms with Crippen molar-refractivity contribution in [1.29, 1.82) is 0 Å². The lowest BCUT2D eigenvalue weighted by molar-refractivity contribution is -0.113. The molecule has 0 spiro atoms. The molecule has 9 nitrogen and oxygen atoms in total. The van der Waals surface area contributed by atoms with Crippen LogP contribution in [0.5, 0.6) is 5.75 Å². The van der Waals surface area contributed by atoms with Gasteiger partial charge in [0.2, 0.25) is 0 Å². The molecule has 1 amide bonds. The van der Waals surface area contributed by atoms with Crippen molar-refractivity contribution >= 4 is 39.3 Å². The number of hydrogen-bond donors (Lipinski definition) is 2. The Morgan fingerprint density at radius 2 is 1.67 bits per heavy atom. The lowest BCUT2D eigenvalue weighted by Crippen LogP contribution is -2.32. The number of amides is 1. The standard InChI is InChI=1S/C26H20N4O5S/c1-17-15-24(28-35-17)29-36(33,34)22-13-9-20(10-14-22)30-25(19-5-3-2-4-6-19)27-23(26(30)32)16-18-7-11-21(31)12-8-18/h2-16,31H,1H3,(H,28,29)/b23-16-. The van der Waals surface area contributed by atoms with E-state index in [1.165, 1.54) is 35.2 Å². The molecular formula is C26H20N4O5S. The minimum Gasteiger partial charge on any atom is -0.508 e. The second-order valence-electron chi connectivity index (χ2n) is 7.99. The van der Waals surface area contributed by atoms with Gasteiger partial charge in [0.1, 0.15) is 23.0 Å². The molecule has 3 aromatic carbocycles. The number of aliphatic imine (C=N–C) groups is 1. The smallest absolute Gasteiger partial charge is 0.282 e. The fourth-order valence-corrected chi connectivity index (χ4v) is 4.63. The van der Waals surface area contributed by atoms with Crippen molar-refractivity contribution in [2.75, 3.05) is 9.62 Å². The number of phenolic OH excluding ortho intramolecular Hbond substituents is 1. The zero-order valence-corrected chi connectivity index (χ0v) is 19.8. The molecule has 5 rings (SSSR count). The molecule has 0 atom stereocenters. The first kappa shape index (κ1) is 23.1. The summed E-state index contributed by atoms with van der Waals surface area (Å²) in [7, 11) is -3.91. The van der Waals surface area contributed by atoms with E-state index in [4.69, 9.17) is 4.52 Å². The van der Waals surface area contributed by atoms with Crippen LogP contribution in [0.15, 0.2) is 105 Å². The molecule has 2 N–H and O–H groups in total. The first-order chi connectivity index (χ1) is 17.3. The van der Waals surface area contributed by atoms with Gasteiger partial charge in [-0.1, -0.05) is 47.6 Å². The number of nitrogens with one attached hydrogen (secondary N) is 1. The second-order valence-corrected chi connectivity index (χ2v) is 9.67. The van der Waals surface area contributed by atoms with Crippen LogP contribution in [0.3, 0.4) is 0 Å². The summed E-state index contributed by atoms with van der Waals surface area (Å²) >= 11 is 0. The van der Waals surface area contributed by atoms with E-state index < -0.39 is 10.0 Å². The number of phenols is 1. The highest BCUT2D eigenvalue weighted by Crippen LogP contribution is 2.29. The van der Waals surface area contributed by atoms with Gasteiger partial charge in [-0.15, -0.1) is 0 Å². The maximum absolute atomic E-state index is 13.4. The average molecular weight is 501 g/mol. The van der Waals surface area contributed by atoms with Gasteiger partial charge in [0.05, 0.1) is 10.6 Å². The minimum atomic E-state index is -3.91.